The minimum Gasteiger partial charge on any atom is -0.379 e. The molecule has 2 saturated heterocycles. The van der Waals surface area contributed by atoms with Crippen LogP contribution in [-0.4, -0.2) is 86.8 Å². The Hall–Kier alpha value is -0.690. The van der Waals surface area contributed by atoms with Crippen molar-refractivity contribution in [3.8, 4) is 0 Å². The van der Waals surface area contributed by atoms with E-state index in [4.69, 9.17) is 4.74 Å². The van der Waals surface area contributed by atoms with Crippen molar-refractivity contribution in [2.45, 2.75) is 44.1 Å². The van der Waals surface area contributed by atoms with E-state index in [9.17, 15) is 4.79 Å². The van der Waals surface area contributed by atoms with Gasteiger partial charge in [-0.1, -0.05) is 12.8 Å². The highest BCUT2D eigenvalue weighted by Crippen LogP contribution is 2.38. The Morgan fingerprint density at radius 1 is 1.08 bits per heavy atom. The number of piperazine rings is 1. The Morgan fingerprint density at radius 2 is 1.79 bits per heavy atom. The number of rotatable bonds is 7. The third-order valence-electron chi connectivity index (χ3n) is 5.89. The summed E-state index contributed by atoms with van der Waals surface area (Å²) in [6, 6.07) is 0. The van der Waals surface area contributed by atoms with Gasteiger partial charge in [0.15, 0.2) is 0 Å². The normalized spacial score (nSPS) is 25.7. The van der Waals surface area contributed by atoms with E-state index in [2.05, 4.69) is 20.4 Å². The Labute approximate surface area is 146 Å². The van der Waals surface area contributed by atoms with Crippen LogP contribution in [0.3, 0.4) is 0 Å². The van der Waals surface area contributed by atoms with Gasteiger partial charge in [-0.25, -0.2) is 0 Å². The maximum atomic E-state index is 12.5. The Bertz CT molecular complexity index is 386. The molecule has 6 nitrogen and oxygen atoms in total. The number of hydrogen-bond acceptors (Lipinski definition) is 5. The number of carbonyl (C=O) groups is 1. The molecule has 1 saturated carbocycles. The van der Waals surface area contributed by atoms with Crippen LogP contribution in [-0.2, 0) is 9.53 Å². The molecule has 3 fully saturated rings. The zero-order chi connectivity index (χ0) is 16.7. The average molecular weight is 338 g/mol. The molecule has 0 unspecified atom stereocenters. The van der Waals surface area contributed by atoms with E-state index >= 15 is 0 Å². The molecule has 3 rings (SSSR count). The van der Waals surface area contributed by atoms with Gasteiger partial charge in [0.1, 0.15) is 0 Å². The third kappa shape index (κ3) is 4.91. The lowest BCUT2D eigenvalue weighted by atomic mass is 9.90. The van der Waals surface area contributed by atoms with Crippen molar-refractivity contribution in [2.24, 2.45) is 0 Å². The number of amides is 1. The highest BCUT2D eigenvalue weighted by molar-refractivity contribution is 5.77. The Kier molecular flexibility index (Phi) is 6.89. The van der Waals surface area contributed by atoms with Crippen molar-refractivity contribution in [3.63, 3.8) is 0 Å². The lowest BCUT2D eigenvalue weighted by molar-refractivity contribution is -0.125. The molecule has 24 heavy (non-hydrogen) atoms. The molecule has 0 bridgehead atoms. The van der Waals surface area contributed by atoms with E-state index in [1.807, 2.05) is 0 Å². The highest BCUT2D eigenvalue weighted by atomic mass is 16.5. The van der Waals surface area contributed by atoms with Crippen LogP contribution in [0.15, 0.2) is 0 Å². The fraction of sp³-hybridized carbons (Fsp3) is 0.944. The topological polar surface area (TPSA) is 56.8 Å². The standard InChI is InChI=1S/C18H34N4O2/c23-17(20-6-3-9-21-10-7-19-8-11-21)16-18(4-1-2-5-18)22-12-14-24-15-13-22/h19H,1-16H2,(H,20,23). The first-order valence-corrected chi connectivity index (χ1v) is 9.81. The molecule has 6 heteroatoms. The molecule has 2 N–H and O–H groups in total. The van der Waals surface area contributed by atoms with Crippen molar-refractivity contribution in [1.82, 2.24) is 20.4 Å². The molecule has 2 heterocycles. The van der Waals surface area contributed by atoms with E-state index < -0.39 is 0 Å². The summed E-state index contributed by atoms with van der Waals surface area (Å²) >= 11 is 0. The van der Waals surface area contributed by atoms with Crippen LogP contribution in [0.5, 0.6) is 0 Å². The summed E-state index contributed by atoms with van der Waals surface area (Å²) in [6.07, 6.45) is 6.57. The average Bonchev–Trinajstić information content (AvgIpc) is 3.10. The largest absolute Gasteiger partial charge is 0.379 e. The summed E-state index contributed by atoms with van der Waals surface area (Å²) in [5.74, 6) is 0.240. The zero-order valence-electron chi connectivity index (χ0n) is 15.0. The molecule has 1 aliphatic carbocycles. The minimum absolute atomic E-state index is 0.104. The van der Waals surface area contributed by atoms with Crippen molar-refractivity contribution in [3.05, 3.63) is 0 Å². The molecule has 0 radical (unpaired) electrons. The van der Waals surface area contributed by atoms with Crippen molar-refractivity contribution in [1.29, 1.82) is 0 Å². The van der Waals surface area contributed by atoms with E-state index in [-0.39, 0.29) is 11.4 Å². The van der Waals surface area contributed by atoms with Gasteiger partial charge in [-0.3, -0.25) is 9.69 Å². The second kappa shape index (κ2) is 9.13. The van der Waals surface area contributed by atoms with Gasteiger partial charge in [0.05, 0.1) is 13.2 Å². The SMILES string of the molecule is O=C(CC1(N2CCOCC2)CCCC1)NCCCN1CCNCC1. The maximum absolute atomic E-state index is 12.5. The summed E-state index contributed by atoms with van der Waals surface area (Å²) in [7, 11) is 0. The second-order valence-electron chi connectivity index (χ2n) is 7.50. The molecular weight excluding hydrogens is 304 g/mol. The fourth-order valence-corrected chi connectivity index (χ4v) is 4.50. The van der Waals surface area contributed by atoms with E-state index in [0.717, 1.165) is 72.0 Å². The van der Waals surface area contributed by atoms with Crippen LogP contribution >= 0.6 is 0 Å². The molecule has 0 aromatic carbocycles. The molecular formula is C18H34N4O2. The van der Waals surface area contributed by atoms with E-state index in [1.165, 1.54) is 25.7 Å². The minimum atomic E-state index is 0.104. The summed E-state index contributed by atoms with van der Waals surface area (Å²) in [4.78, 5) is 17.5. The quantitative estimate of drug-likeness (QED) is 0.660. The lowest BCUT2D eigenvalue weighted by Gasteiger charge is -2.43. The molecule has 1 amide bonds. The Morgan fingerprint density at radius 3 is 2.50 bits per heavy atom. The molecule has 3 aliphatic rings. The zero-order valence-corrected chi connectivity index (χ0v) is 15.0. The maximum Gasteiger partial charge on any atom is 0.221 e. The van der Waals surface area contributed by atoms with Gasteiger partial charge in [-0.05, 0) is 25.8 Å². The number of hydrogen-bond donors (Lipinski definition) is 2. The van der Waals surface area contributed by atoms with Crippen LogP contribution in [0.25, 0.3) is 0 Å². The van der Waals surface area contributed by atoms with Crippen LogP contribution in [0, 0.1) is 0 Å². The van der Waals surface area contributed by atoms with Crippen molar-refractivity contribution < 1.29 is 9.53 Å². The molecule has 2 aliphatic heterocycles. The van der Waals surface area contributed by atoms with Crippen LogP contribution < -0.4 is 10.6 Å². The van der Waals surface area contributed by atoms with Gasteiger partial charge >= 0.3 is 0 Å². The number of morpholine rings is 1. The van der Waals surface area contributed by atoms with Gasteiger partial charge in [0.2, 0.25) is 5.91 Å². The lowest BCUT2D eigenvalue weighted by Crippen LogP contribution is -2.54. The van der Waals surface area contributed by atoms with Crippen molar-refractivity contribution in [2.75, 3.05) is 65.6 Å². The fourth-order valence-electron chi connectivity index (χ4n) is 4.50. The first-order valence-electron chi connectivity index (χ1n) is 9.81. The van der Waals surface area contributed by atoms with E-state index in [0.29, 0.717) is 6.42 Å². The van der Waals surface area contributed by atoms with E-state index in [1.54, 1.807) is 0 Å². The molecule has 0 aromatic heterocycles. The monoisotopic (exact) mass is 338 g/mol. The van der Waals surface area contributed by atoms with Crippen molar-refractivity contribution >= 4 is 5.91 Å². The van der Waals surface area contributed by atoms with Gasteiger partial charge in [-0.2, -0.15) is 0 Å². The first kappa shape index (κ1) is 18.1. The van der Waals surface area contributed by atoms with Gasteiger partial charge in [0.25, 0.3) is 0 Å². The number of nitrogens with one attached hydrogen (secondary N) is 2. The van der Waals surface area contributed by atoms with Gasteiger partial charge in [-0.15, -0.1) is 0 Å². The summed E-state index contributed by atoms with van der Waals surface area (Å²) in [5, 5.41) is 6.55. The predicted molar refractivity (Wildman–Crippen MR) is 95.1 cm³/mol. The number of ether oxygens (including phenoxy) is 1. The summed E-state index contributed by atoms with van der Waals surface area (Å²) in [5.41, 5.74) is 0.104. The smallest absolute Gasteiger partial charge is 0.221 e. The van der Waals surface area contributed by atoms with Crippen LogP contribution in [0.2, 0.25) is 0 Å². The van der Waals surface area contributed by atoms with Crippen LogP contribution in [0.4, 0.5) is 0 Å². The van der Waals surface area contributed by atoms with Gasteiger partial charge < -0.3 is 20.3 Å². The summed E-state index contributed by atoms with van der Waals surface area (Å²) in [6.45, 7) is 9.94. The molecule has 138 valence electrons. The first-order chi connectivity index (χ1) is 11.8. The second-order valence-corrected chi connectivity index (χ2v) is 7.50. The molecule has 0 atom stereocenters. The van der Waals surface area contributed by atoms with Gasteiger partial charge in [0, 0.05) is 57.8 Å². The molecule has 0 spiro atoms. The third-order valence-corrected chi connectivity index (χ3v) is 5.89. The highest BCUT2D eigenvalue weighted by Gasteiger charge is 2.41. The Balaban J connectivity index is 1.39. The molecule has 0 aromatic rings. The van der Waals surface area contributed by atoms with Crippen LogP contribution in [0.1, 0.15) is 38.5 Å². The predicted octanol–water partition coefficient (Wildman–Crippen LogP) is 0.433. The number of carbonyl (C=O) groups excluding carboxylic acids is 1. The number of nitrogens with zero attached hydrogens (tertiary/aromatic N) is 2. The summed E-state index contributed by atoms with van der Waals surface area (Å²) < 4.78 is 5.50.